The van der Waals surface area contributed by atoms with E-state index in [0.717, 1.165) is 38.6 Å². The summed E-state index contributed by atoms with van der Waals surface area (Å²) in [6.45, 7) is 5.61. The Bertz CT molecular complexity index is 941. The quantitative estimate of drug-likeness (QED) is 0.426. The number of nitrogens with one attached hydrogen (secondary N) is 1. The second kappa shape index (κ2) is 7.53. The Morgan fingerprint density at radius 1 is 1.28 bits per heavy atom. The van der Waals surface area contributed by atoms with E-state index in [1.165, 1.54) is 11.8 Å². The van der Waals surface area contributed by atoms with E-state index >= 15 is 0 Å². The Kier molecular flexibility index (Phi) is 5.19. The van der Waals surface area contributed by atoms with Gasteiger partial charge in [-0.25, -0.2) is 5.43 Å². The number of hydrazone groups is 1. The van der Waals surface area contributed by atoms with Gasteiger partial charge in [-0.15, -0.1) is 11.8 Å². The molecule has 0 aliphatic carbocycles. The second-order valence-electron chi connectivity index (χ2n) is 5.68. The lowest BCUT2D eigenvalue weighted by Crippen LogP contribution is -2.21. The van der Waals surface area contributed by atoms with Crippen LogP contribution in [0.2, 0.25) is 0 Å². The minimum Gasteiger partial charge on any atom is -0.466 e. The van der Waals surface area contributed by atoms with Crippen LogP contribution in [0.15, 0.2) is 57.0 Å². The van der Waals surface area contributed by atoms with Gasteiger partial charge in [-0.05, 0) is 39.0 Å². The van der Waals surface area contributed by atoms with Crippen molar-refractivity contribution in [2.45, 2.75) is 25.7 Å². The van der Waals surface area contributed by atoms with Crippen molar-refractivity contribution in [2.24, 2.45) is 5.10 Å². The Balaban J connectivity index is 1.63. The van der Waals surface area contributed by atoms with Gasteiger partial charge in [-0.1, -0.05) is 18.2 Å². The summed E-state index contributed by atoms with van der Waals surface area (Å²) in [4.78, 5) is 17.5. The number of para-hydroxylation sites is 1. The first-order valence-electron chi connectivity index (χ1n) is 7.91. The molecule has 0 aliphatic rings. The maximum Gasteiger partial charge on any atom is 0.250 e. The third-order valence-corrected chi connectivity index (χ3v) is 4.78. The van der Waals surface area contributed by atoms with Crippen LogP contribution < -0.4 is 5.43 Å². The lowest BCUT2D eigenvalue weighted by atomic mass is 10.2. The second-order valence-corrected chi connectivity index (χ2v) is 6.70. The predicted octanol–water partition coefficient (Wildman–Crippen LogP) is 4.08. The van der Waals surface area contributed by atoms with Gasteiger partial charge in [-0.3, -0.25) is 9.78 Å². The van der Waals surface area contributed by atoms with Gasteiger partial charge in [0.25, 0.3) is 0 Å². The third-order valence-electron chi connectivity index (χ3n) is 3.73. The van der Waals surface area contributed by atoms with E-state index < -0.39 is 0 Å². The number of hydrogen-bond donors (Lipinski definition) is 1. The molecular formula is C19H19N3O2S. The summed E-state index contributed by atoms with van der Waals surface area (Å²) in [5.74, 6) is 1.74. The monoisotopic (exact) mass is 353 g/mol. The summed E-state index contributed by atoms with van der Waals surface area (Å²) in [6, 6.07) is 11.8. The Labute approximate surface area is 150 Å². The van der Waals surface area contributed by atoms with Crippen LogP contribution in [0, 0.1) is 13.8 Å². The van der Waals surface area contributed by atoms with Gasteiger partial charge >= 0.3 is 0 Å². The van der Waals surface area contributed by atoms with Crippen LogP contribution in [0.1, 0.15) is 24.0 Å². The Morgan fingerprint density at radius 2 is 2.08 bits per heavy atom. The number of aromatic nitrogens is 1. The molecule has 0 atom stereocenters. The van der Waals surface area contributed by atoms with Crippen LogP contribution >= 0.6 is 11.8 Å². The number of carbonyl (C=O) groups excluding carboxylic acids is 1. The van der Waals surface area contributed by atoms with Crippen molar-refractivity contribution in [2.75, 3.05) is 5.75 Å². The Morgan fingerprint density at radius 3 is 2.84 bits per heavy atom. The number of fused-ring (bicyclic) bond motifs is 1. The average Bonchev–Trinajstić information content (AvgIpc) is 2.96. The highest BCUT2D eigenvalue weighted by atomic mass is 32.2. The average molecular weight is 353 g/mol. The van der Waals surface area contributed by atoms with Crippen LogP contribution in [0.4, 0.5) is 0 Å². The highest BCUT2D eigenvalue weighted by Gasteiger charge is 2.09. The topological polar surface area (TPSA) is 67.5 Å². The molecule has 3 rings (SSSR count). The first kappa shape index (κ1) is 17.2. The molecule has 1 aromatic carbocycles. The van der Waals surface area contributed by atoms with Gasteiger partial charge in [0.05, 0.1) is 17.0 Å². The summed E-state index contributed by atoms with van der Waals surface area (Å²) in [6.07, 6.45) is 1.76. The molecule has 1 N–H and O–H groups in total. The van der Waals surface area contributed by atoms with Crippen LogP contribution in [0.25, 0.3) is 10.9 Å². The smallest absolute Gasteiger partial charge is 0.250 e. The zero-order valence-electron chi connectivity index (χ0n) is 14.4. The normalized spacial score (nSPS) is 11.7. The molecule has 0 bridgehead atoms. The SMILES string of the molecule is C/C(=N/NC(=O)CSc1cccc2cccnc12)c1cc(C)oc1C. The molecule has 0 unspecified atom stereocenters. The van der Waals surface area contributed by atoms with Crippen LogP contribution in [0.5, 0.6) is 0 Å². The van der Waals surface area contributed by atoms with E-state index in [1.807, 2.05) is 57.2 Å². The lowest BCUT2D eigenvalue weighted by molar-refractivity contribution is -0.118. The van der Waals surface area contributed by atoms with Gasteiger partial charge in [0.2, 0.25) is 5.91 Å². The lowest BCUT2D eigenvalue weighted by Gasteiger charge is -2.05. The fourth-order valence-electron chi connectivity index (χ4n) is 2.56. The highest BCUT2D eigenvalue weighted by Crippen LogP contribution is 2.25. The van der Waals surface area contributed by atoms with E-state index in [9.17, 15) is 4.79 Å². The maximum atomic E-state index is 12.1. The van der Waals surface area contributed by atoms with Crippen LogP contribution in [-0.4, -0.2) is 22.4 Å². The largest absolute Gasteiger partial charge is 0.466 e. The molecule has 0 aliphatic heterocycles. The van der Waals surface area contributed by atoms with Crippen molar-refractivity contribution in [3.63, 3.8) is 0 Å². The minimum absolute atomic E-state index is 0.157. The van der Waals surface area contributed by atoms with Crippen molar-refractivity contribution in [3.8, 4) is 0 Å². The zero-order chi connectivity index (χ0) is 17.8. The molecule has 0 saturated heterocycles. The van der Waals surface area contributed by atoms with Gasteiger partial charge in [-0.2, -0.15) is 5.10 Å². The summed E-state index contributed by atoms with van der Waals surface area (Å²) in [5.41, 5.74) is 5.14. The number of nitrogens with zero attached hydrogens (tertiary/aromatic N) is 2. The number of amides is 1. The molecule has 0 saturated carbocycles. The summed E-state index contributed by atoms with van der Waals surface area (Å²) in [5, 5.41) is 5.23. The zero-order valence-corrected chi connectivity index (χ0v) is 15.2. The van der Waals surface area contributed by atoms with E-state index in [0.29, 0.717) is 0 Å². The molecule has 128 valence electrons. The van der Waals surface area contributed by atoms with Gasteiger partial charge in [0, 0.05) is 22.0 Å². The summed E-state index contributed by atoms with van der Waals surface area (Å²) in [7, 11) is 0. The van der Waals surface area contributed by atoms with Gasteiger partial charge in [0.15, 0.2) is 0 Å². The fourth-order valence-corrected chi connectivity index (χ4v) is 3.40. The molecule has 5 nitrogen and oxygen atoms in total. The van der Waals surface area contributed by atoms with Gasteiger partial charge < -0.3 is 4.42 Å². The fraction of sp³-hybridized carbons (Fsp3) is 0.211. The third kappa shape index (κ3) is 4.09. The highest BCUT2D eigenvalue weighted by molar-refractivity contribution is 8.00. The molecule has 2 aromatic heterocycles. The van der Waals surface area contributed by atoms with Crippen molar-refractivity contribution in [1.29, 1.82) is 0 Å². The molecule has 6 heteroatoms. The van der Waals surface area contributed by atoms with Crippen LogP contribution in [0.3, 0.4) is 0 Å². The molecule has 0 radical (unpaired) electrons. The number of carbonyl (C=O) groups is 1. The predicted molar refractivity (Wildman–Crippen MR) is 101 cm³/mol. The number of pyridine rings is 1. The molecule has 2 heterocycles. The maximum absolute atomic E-state index is 12.1. The molecule has 3 aromatic rings. The van der Waals surface area contributed by atoms with E-state index in [1.54, 1.807) is 6.20 Å². The number of benzene rings is 1. The van der Waals surface area contributed by atoms with Crippen molar-refractivity contribution >= 4 is 34.3 Å². The standard InChI is InChI=1S/C19H19N3O2S/c1-12-10-16(14(3)24-12)13(2)21-22-18(23)11-25-17-8-4-6-15-7-5-9-20-19(15)17/h4-10H,11H2,1-3H3,(H,22,23)/b21-13-. The first-order valence-corrected chi connectivity index (χ1v) is 8.90. The number of thioether (sulfide) groups is 1. The molecule has 0 fully saturated rings. The summed E-state index contributed by atoms with van der Waals surface area (Å²) < 4.78 is 5.48. The number of furan rings is 1. The number of aryl methyl sites for hydroxylation is 2. The Hall–Kier alpha value is -2.60. The number of rotatable bonds is 5. The van der Waals surface area contributed by atoms with E-state index in [2.05, 4.69) is 15.5 Å². The van der Waals surface area contributed by atoms with Crippen molar-refractivity contribution in [3.05, 3.63) is 59.7 Å². The summed E-state index contributed by atoms with van der Waals surface area (Å²) >= 11 is 1.45. The molecule has 1 amide bonds. The van der Waals surface area contributed by atoms with Crippen molar-refractivity contribution in [1.82, 2.24) is 10.4 Å². The first-order chi connectivity index (χ1) is 12.0. The van der Waals surface area contributed by atoms with E-state index in [-0.39, 0.29) is 11.7 Å². The molecular weight excluding hydrogens is 334 g/mol. The molecule has 0 spiro atoms. The van der Waals surface area contributed by atoms with Crippen LogP contribution in [-0.2, 0) is 4.79 Å². The van der Waals surface area contributed by atoms with Gasteiger partial charge in [0.1, 0.15) is 11.5 Å². The van der Waals surface area contributed by atoms with E-state index in [4.69, 9.17) is 4.42 Å². The minimum atomic E-state index is -0.157. The molecule has 25 heavy (non-hydrogen) atoms. The van der Waals surface area contributed by atoms with Crippen molar-refractivity contribution < 1.29 is 9.21 Å². The number of hydrogen-bond acceptors (Lipinski definition) is 5.